The van der Waals surface area contributed by atoms with Crippen molar-refractivity contribution in [1.29, 1.82) is 0 Å². The monoisotopic (exact) mass is 372 g/mol. The first-order chi connectivity index (χ1) is 12.9. The van der Waals surface area contributed by atoms with Gasteiger partial charge < -0.3 is 14.8 Å². The third kappa shape index (κ3) is 7.35. The van der Waals surface area contributed by atoms with Crippen molar-refractivity contribution in [3.63, 3.8) is 0 Å². The van der Waals surface area contributed by atoms with Crippen LogP contribution in [0.5, 0.6) is 5.75 Å². The highest BCUT2D eigenvalue weighted by atomic mass is 16.6. The number of amides is 3. The van der Waals surface area contributed by atoms with E-state index in [4.69, 9.17) is 9.47 Å². The SMILES string of the molecule is CC(C)CCNC(=O)NC(=O)COC(=O)COc1ccc2ccccc2c1. The van der Waals surface area contributed by atoms with Crippen LogP contribution in [0.15, 0.2) is 42.5 Å². The van der Waals surface area contributed by atoms with E-state index in [1.165, 1.54) is 0 Å². The Kier molecular flexibility index (Phi) is 7.61. The summed E-state index contributed by atoms with van der Waals surface area (Å²) in [5.74, 6) is -0.418. The molecule has 0 saturated carbocycles. The van der Waals surface area contributed by atoms with E-state index in [1.807, 2.05) is 50.2 Å². The first-order valence-electron chi connectivity index (χ1n) is 8.79. The number of benzene rings is 2. The summed E-state index contributed by atoms with van der Waals surface area (Å²) in [5, 5.41) is 6.71. The molecule has 7 heteroatoms. The highest BCUT2D eigenvalue weighted by Gasteiger charge is 2.11. The Labute approximate surface area is 158 Å². The van der Waals surface area contributed by atoms with Crippen LogP contribution in [0.1, 0.15) is 20.3 Å². The minimum absolute atomic E-state index is 0.327. The van der Waals surface area contributed by atoms with Crippen molar-refractivity contribution in [2.24, 2.45) is 5.92 Å². The summed E-state index contributed by atoms with van der Waals surface area (Å²) < 4.78 is 10.2. The molecule has 2 aromatic carbocycles. The molecule has 2 rings (SSSR count). The lowest BCUT2D eigenvalue weighted by Crippen LogP contribution is -2.42. The molecule has 144 valence electrons. The van der Waals surface area contributed by atoms with Crippen molar-refractivity contribution in [2.75, 3.05) is 19.8 Å². The molecule has 0 aliphatic rings. The van der Waals surface area contributed by atoms with Gasteiger partial charge in [-0.2, -0.15) is 0 Å². The highest BCUT2D eigenvalue weighted by molar-refractivity contribution is 5.95. The summed E-state index contributed by atoms with van der Waals surface area (Å²) in [6, 6.07) is 12.6. The Morgan fingerprint density at radius 2 is 1.74 bits per heavy atom. The van der Waals surface area contributed by atoms with Crippen molar-refractivity contribution < 1.29 is 23.9 Å². The number of nitrogens with one attached hydrogen (secondary N) is 2. The zero-order valence-corrected chi connectivity index (χ0v) is 15.5. The maximum Gasteiger partial charge on any atom is 0.344 e. The maximum absolute atomic E-state index is 11.7. The predicted octanol–water partition coefficient (Wildman–Crippen LogP) is 2.63. The number of carbonyl (C=O) groups excluding carboxylic acids is 3. The molecule has 0 atom stereocenters. The van der Waals surface area contributed by atoms with Crippen LogP contribution in [0.25, 0.3) is 10.8 Å². The summed E-state index contributed by atoms with van der Waals surface area (Å²) in [6.07, 6.45) is 0.808. The highest BCUT2D eigenvalue weighted by Crippen LogP contribution is 2.20. The molecule has 0 unspecified atom stereocenters. The van der Waals surface area contributed by atoms with E-state index in [1.54, 1.807) is 6.07 Å². The molecule has 3 amide bonds. The van der Waals surface area contributed by atoms with Crippen LogP contribution in [0.3, 0.4) is 0 Å². The molecule has 2 N–H and O–H groups in total. The average Bonchev–Trinajstić information content (AvgIpc) is 2.64. The van der Waals surface area contributed by atoms with E-state index in [-0.39, 0.29) is 6.61 Å². The molecule has 7 nitrogen and oxygen atoms in total. The molecule has 0 spiro atoms. The van der Waals surface area contributed by atoms with Gasteiger partial charge in [0.25, 0.3) is 5.91 Å². The predicted molar refractivity (Wildman–Crippen MR) is 101 cm³/mol. The van der Waals surface area contributed by atoms with E-state index in [0.29, 0.717) is 18.2 Å². The number of hydrogen-bond acceptors (Lipinski definition) is 5. The number of esters is 1. The van der Waals surface area contributed by atoms with Crippen molar-refractivity contribution in [2.45, 2.75) is 20.3 Å². The molecule has 0 aliphatic heterocycles. The Hall–Kier alpha value is -3.09. The zero-order chi connectivity index (χ0) is 19.6. The fourth-order valence-corrected chi connectivity index (χ4v) is 2.27. The van der Waals surface area contributed by atoms with Gasteiger partial charge in [-0.1, -0.05) is 44.2 Å². The number of hydrogen-bond donors (Lipinski definition) is 2. The summed E-state index contributed by atoms with van der Waals surface area (Å²) in [4.78, 5) is 34.8. The summed E-state index contributed by atoms with van der Waals surface area (Å²) >= 11 is 0. The van der Waals surface area contributed by atoms with Gasteiger partial charge in [-0.05, 0) is 35.2 Å². The third-order valence-electron chi connectivity index (χ3n) is 3.70. The lowest BCUT2D eigenvalue weighted by Gasteiger charge is -2.09. The maximum atomic E-state index is 11.7. The van der Waals surface area contributed by atoms with Crippen LogP contribution in [-0.4, -0.2) is 37.7 Å². The minimum atomic E-state index is -0.698. The van der Waals surface area contributed by atoms with Gasteiger partial charge in [0.1, 0.15) is 5.75 Å². The first-order valence-corrected chi connectivity index (χ1v) is 8.79. The van der Waals surface area contributed by atoms with Gasteiger partial charge in [-0.25, -0.2) is 9.59 Å². The molecular formula is C20H24N2O5. The molecule has 0 fully saturated rings. The number of urea groups is 1. The molecule has 0 heterocycles. The standard InChI is InChI=1S/C20H24N2O5/c1-14(2)9-10-21-20(25)22-18(23)12-27-19(24)13-26-17-8-7-15-5-3-4-6-16(15)11-17/h3-8,11,14H,9-10,12-13H2,1-2H3,(H2,21,22,23,25). The quantitative estimate of drug-likeness (QED) is 0.695. The van der Waals surface area contributed by atoms with E-state index in [2.05, 4.69) is 10.6 Å². The van der Waals surface area contributed by atoms with Gasteiger partial charge in [-0.15, -0.1) is 0 Å². The van der Waals surface area contributed by atoms with Crippen molar-refractivity contribution in [3.8, 4) is 5.75 Å². The van der Waals surface area contributed by atoms with E-state index in [0.717, 1.165) is 17.2 Å². The third-order valence-corrected chi connectivity index (χ3v) is 3.70. The van der Waals surface area contributed by atoms with E-state index >= 15 is 0 Å². The van der Waals surface area contributed by atoms with E-state index < -0.39 is 24.5 Å². The molecule has 0 aliphatic carbocycles. The molecule has 0 saturated heterocycles. The summed E-state index contributed by atoms with van der Waals surface area (Å²) in [7, 11) is 0. The summed E-state index contributed by atoms with van der Waals surface area (Å²) in [5.41, 5.74) is 0. The second kappa shape index (κ2) is 10.2. The molecule has 27 heavy (non-hydrogen) atoms. The Morgan fingerprint density at radius 1 is 1.00 bits per heavy atom. The number of fused-ring (bicyclic) bond motifs is 1. The first kappa shape index (κ1) is 20.2. The molecular weight excluding hydrogens is 348 g/mol. The Balaban J connectivity index is 1.67. The van der Waals surface area contributed by atoms with Gasteiger partial charge in [0, 0.05) is 6.54 Å². The van der Waals surface area contributed by atoms with Crippen LogP contribution in [-0.2, 0) is 14.3 Å². The average molecular weight is 372 g/mol. The molecule has 2 aromatic rings. The van der Waals surface area contributed by atoms with Gasteiger partial charge >= 0.3 is 12.0 Å². The van der Waals surface area contributed by atoms with E-state index in [9.17, 15) is 14.4 Å². The lowest BCUT2D eigenvalue weighted by molar-refractivity contribution is -0.150. The molecule has 0 aromatic heterocycles. The van der Waals surface area contributed by atoms with Gasteiger partial charge in [0.05, 0.1) is 0 Å². The van der Waals surface area contributed by atoms with Crippen LogP contribution in [0.2, 0.25) is 0 Å². The Morgan fingerprint density at radius 3 is 2.48 bits per heavy atom. The Bertz CT molecular complexity index is 804. The second-order valence-electron chi connectivity index (χ2n) is 6.44. The fourth-order valence-electron chi connectivity index (χ4n) is 2.27. The largest absolute Gasteiger partial charge is 0.482 e. The van der Waals surface area contributed by atoms with Crippen LogP contribution >= 0.6 is 0 Å². The fraction of sp³-hybridized carbons (Fsp3) is 0.350. The van der Waals surface area contributed by atoms with Gasteiger partial charge in [0.2, 0.25) is 0 Å². The number of carbonyl (C=O) groups is 3. The summed E-state index contributed by atoms with van der Waals surface area (Å²) in [6.45, 7) is 3.66. The normalized spacial score (nSPS) is 10.5. The van der Waals surface area contributed by atoms with Gasteiger partial charge in [0.15, 0.2) is 13.2 Å². The smallest absolute Gasteiger partial charge is 0.344 e. The zero-order valence-electron chi connectivity index (χ0n) is 15.5. The number of rotatable bonds is 8. The lowest BCUT2D eigenvalue weighted by atomic mass is 10.1. The molecule has 0 bridgehead atoms. The van der Waals surface area contributed by atoms with Crippen LogP contribution in [0.4, 0.5) is 4.79 Å². The molecule has 0 radical (unpaired) electrons. The van der Waals surface area contributed by atoms with Gasteiger partial charge in [-0.3, -0.25) is 10.1 Å². The minimum Gasteiger partial charge on any atom is -0.482 e. The van der Waals surface area contributed by atoms with Crippen molar-refractivity contribution in [3.05, 3.63) is 42.5 Å². The van der Waals surface area contributed by atoms with Crippen LogP contribution in [0, 0.1) is 5.92 Å². The van der Waals surface area contributed by atoms with Crippen LogP contribution < -0.4 is 15.4 Å². The van der Waals surface area contributed by atoms with Crippen molar-refractivity contribution in [1.82, 2.24) is 10.6 Å². The second-order valence-corrected chi connectivity index (χ2v) is 6.44. The topological polar surface area (TPSA) is 93.7 Å². The number of imide groups is 1. The van der Waals surface area contributed by atoms with Crippen molar-refractivity contribution >= 4 is 28.7 Å². The number of ether oxygens (including phenoxy) is 2.